The first kappa shape index (κ1) is 12.7. The summed E-state index contributed by atoms with van der Waals surface area (Å²) in [6.45, 7) is 0. The van der Waals surface area contributed by atoms with Gasteiger partial charge in [-0.2, -0.15) is 0 Å². The van der Waals surface area contributed by atoms with Crippen molar-refractivity contribution >= 4 is 5.91 Å². The number of aliphatic hydroxyl groups excluding tert-OH is 1. The van der Waals surface area contributed by atoms with Gasteiger partial charge in [0.15, 0.2) is 11.5 Å². The number of hydrogen-bond acceptors (Lipinski definition) is 4. The number of likely N-dealkylation sites (N-methyl/N-ethyl adjacent to an activating group) is 1. The van der Waals surface area contributed by atoms with Crippen LogP contribution in [-0.2, 0) is 4.79 Å². The predicted octanol–water partition coefficient (Wildman–Crippen LogP) is 0.968. The summed E-state index contributed by atoms with van der Waals surface area (Å²) in [6, 6.07) is 5.41. The van der Waals surface area contributed by atoms with Gasteiger partial charge in [0.25, 0.3) is 5.91 Å². The molecule has 5 nitrogen and oxygen atoms in total. The maximum atomic E-state index is 11.6. The van der Waals surface area contributed by atoms with Crippen molar-refractivity contribution in [2.24, 2.45) is 0 Å². The molecule has 1 aromatic rings. The molecule has 2 atom stereocenters. The number of amides is 1. The van der Waals surface area contributed by atoms with Gasteiger partial charge in [-0.15, -0.1) is 0 Å². The molecule has 1 aliphatic rings. The van der Waals surface area contributed by atoms with Gasteiger partial charge in [-0.1, -0.05) is 6.07 Å². The smallest absolute Gasteiger partial charge is 0.251 e. The number of rotatable bonds is 3. The van der Waals surface area contributed by atoms with Gasteiger partial charge in [-0.05, 0) is 17.7 Å². The molecule has 1 amide bonds. The summed E-state index contributed by atoms with van der Waals surface area (Å²) in [5, 5.41) is 9.58. The second kappa shape index (κ2) is 4.86. The molecular formula is C13H17NO4. The number of methoxy groups -OCH3 is 2. The molecule has 0 radical (unpaired) electrons. The minimum absolute atomic E-state index is 0.118. The van der Waals surface area contributed by atoms with E-state index in [9.17, 15) is 9.90 Å². The predicted molar refractivity (Wildman–Crippen MR) is 65.7 cm³/mol. The summed E-state index contributed by atoms with van der Waals surface area (Å²) in [4.78, 5) is 13.1. The lowest BCUT2D eigenvalue weighted by atomic mass is 10.0. The van der Waals surface area contributed by atoms with Crippen molar-refractivity contribution in [1.29, 1.82) is 0 Å². The van der Waals surface area contributed by atoms with Crippen LogP contribution in [0.1, 0.15) is 18.0 Å². The third-order valence-electron chi connectivity index (χ3n) is 3.34. The van der Waals surface area contributed by atoms with E-state index in [2.05, 4.69) is 0 Å². The third kappa shape index (κ3) is 2.01. The van der Waals surface area contributed by atoms with Gasteiger partial charge in [0.1, 0.15) is 6.10 Å². The van der Waals surface area contributed by atoms with E-state index < -0.39 is 6.10 Å². The molecule has 18 heavy (non-hydrogen) atoms. The molecule has 0 aromatic heterocycles. The van der Waals surface area contributed by atoms with Gasteiger partial charge in [-0.25, -0.2) is 0 Å². The van der Waals surface area contributed by atoms with Crippen molar-refractivity contribution in [3.05, 3.63) is 23.8 Å². The van der Waals surface area contributed by atoms with Crippen LogP contribution < -0.4 is 9.47 Å². The fourth-order valence-corrected chi connectivity index (χ4v) is 2.28. The van der Waals surface area contributed by atoms with Gasteiger partial charge in [0.05, 0.1) is 20.3 Å². The molecule has 1 aliphatic heterocycles. The van der Waals surface area contributed by atoms with Crippen LogP contribution in [0.15, 0.2) is 18.2 Å². The number of carbonyl (C=O) groups excluding carboxylic acids is 1. The fraction of sp³-hybridized carbons (Fsp3) is 0.462. The first-order chi connectivity index (χ1) is 8.58. The average molecular weight is 251 g/mol. The summed E-state index contributed by atoms with van der Waals surface area (Å²) in [5.41, 5.74) is 0.931. The quantitative estimate of drug-likeness (QED) is 0.869. The molecule has 1 fully saturated rings. The largest absolute Gasteiger partial charge is 0.493 e. The minimum Gasteiger partial charge on any atom is -0.493 e. The van der Waals surface area contributed by atoms with Gasteiger partial charge in [0, 0.05) is 13.5 Å². The van der Waals surface area contributed by atoms with Crippen LogP contribution in [0, 0.1) is 0 Å². The number of ether oxygens (including phenoxy) is 2. The van der Waals surface area contributed by atoms with E-state index in [1.54, 1.807) is 32.2 Å². The highest BCUT2D eigenvalue weighted by Crippen LogP contribution is 2.36. The highest BCUT2D eigenvalue weighted by atomic mass is 16.5. The van der Waals surface area contributed by atoms with Crippen LogP contribution in [-0.4, -0.2) is 43.3 Å². The standard InChI is InChI=1S/C13H17NO4/c1-14-9(7-10(15)13(14)16)8-4-5-11(17-2)12(6-8)18-3/h4-6,9-10,15H,7H2,1-3H3. The lowest BCUT2D eigenvalue weighted by Gasteiger charge is -2.20. The van der Waals surface area contributed by atoms with Crippen molar-refractivity contribution in [1.82, 2.24) is 4.90 Å². The summed E-state index contributed by atoms with van der Waals surface area (Å²) in [7, 11) is 4.84. The van der Waals surface area contributed by atoms with E-state index in [-0.39, 0.29) is 11.9 Å². The van der Waals surface area contributed by atoms with Crippen molar-refractivity contribution in [3.63, 3.8) is 0 Å². The molecule has 2 unspecified atom stereocenters. The minimum atomic E-state index is -0.909. The summed E-state index contributed by atoms with van der Waals surface area (Å²) in [5.74, 6) is 1.03. The second-order valence-corrected chi connectivity index (χ2v) is 4.33. The van der Waals surface area contributed by atoms with Crippen LogP contribution in [0.2, 0.25) is 0 Å². The van der Waals surface area contributed by atoms with Gasteiger partial charge >= 0.3 is 0 Å². The van der Waals surface area contributed by atoms with E-state index >= 15 is 0 Å². The summed E-state index contributed by atoms with van der Waals surface area (Å²) < 4.78 is 10.4. The van der Waals surface area contributed by atoms with Gasteiger partial charge < -0.3 is 19.5 Å². The average Bonchev–Trinajstić information content (AvgIpc) is 2.65. The Morgan fingerprint density at radius 2 is 1.94 bits per heavy atom. The van der Waals surface area contributed by atoms with E-state index in [1.807, 2.05) is 12.1 Å². The van der Waals surface area contributed by atoms with Crippen molar-refractivity contribution in [3.8, 4) is 11.5 Å². The van der Waals surface area contributed by atoms with Crippen LogP contribution in [0.4, 0.5) is 0 Å². The number of aliphatic hydroxyl groups is 1. The zero-order valence-electron chi connectivity index (χ0n) is 10.7. The fourth-order valence-electron chi connectivity index (χ4n) is 2.28. The molecule has 0 saturated carbocycles. The van der Waals surface area contributed by atoms with E-state index in [4.69, 9.17) is 9.47 Å². The first-order valence-electron chi connectivity index (χ1n) is 5.75. The Balaban J connectivity index is 2.32. The van der Waals surface area contributed by atoms with Gasteiger partial charge in [0.2, 0.25) is 0 Å². The maximum absolute atomic E-state index is 11.6. The summed E-state index contributed by atoms with van der Waals surface area (Å²) >= 11 is 0. The molecule has 0 bridgehead atoms. The lowest BCUT2D eigenvalue weighted by Crippen LogP contribution is -2.26. The zero-order valence-corrected chi connectivity index (χ0v) is 10.7. The Morgan fingerprint density at radius 1 is 1.28 bits per heavy atom. The van der Waals surface area contributed by atoms with Crippen molar-refractivity contribution in [2.45, 2.75) is 18.6 Å². The Morgan fingerprint density at radius 3 is 2.44 bits per heavy atom. The Bertz CT molecular complexity index is 460. The lowest BCUT2D eigenvalue weighted by molar-refractivity contribution is -0.134. The first-order valence-corrected chi connectivity index (χ1v) is 5.75. The summed E-state index contributed by atoms with van der Waals surface area (Å²) in [6.07, 6.45) is -0.502. The number of likely N-dealkylation sites (tertiary alicyclic amines) is 1. The molecule has 2 rings (SSSR count). The SMILES string of the molecule is COc1ccc(C2CC(O)C(=O)N2C)cc1OC. The monoisotopic (exact) mass is 251 g/mol. The van der Waals surface area contributed by atoms with Crippen molar-refractivity contribution < 1.29 is 19.4 Å². The Labute approximate surface area is 106 Å². The zero-order chi connectivity index (χ0) is 13.3. The van der Waals surface area contributed by atoms with E-state index in [0.29, 0.717) is 17.9 Å². The molecular weight excluding hydrogens is 234 g/mol. The topological polar surface area (TPSA) is 59.0 Å². The number of carbonyl (C=O) groups is 1. The number of nitrogens with zero attached hydrogens (tertiary/aromatic N) is 1. The van der Waals surface area contributed by atoms with Crippen LogP contribution in [0.25, 0.3) is 0 Å². The third-order valence-corrected chi connectivity index (χ3v) is 3.34. The van der Waals surface area contributed by atoms with E-state index in [0.717, 1.165) is 5.56 Å². The Hall–Kier alpha value is -1.75. The highest BCUT2D eigenvalue weighted by Gasteiger charge is 2.36. The number of hydrogen-bond donors (Lipinski definition) is 1. The highest BCUT2D eigenvalue weighted by molar-refractivity contribution is 5.83. The van der Waals surface area contributed by atoms with E-state index in [1.165, 1.54) is 0 Å². The molecule has 1 aromatic carbocycles. The van der Waals surface area contributed by atoms with Crippen molar-refractivity contribution in [2.75, 3.05) is 21.3 Å². The molecule has 0 aliphatic carbocycles. The molecule has 1 saturated heterocycles. The number of benzene rings is 1. The normalized spacial score (nSPS) is 23.3. The second-order valence-electron chi connectivity index (χ2n) is 4.33. The van der Waals surface area contributed by atoms with Crippen LogP contribution >= 0.6 is 0 Å². The molecule has 1 N–H and O–H groups in total. The maximum Gasteiger partial charge on any atom is 0.251 e. The Kier molecular flexibility index (Phi) is 3.43. The van der Waals surface area contributed by atoms with Gasteiger partial charge in [-0.3, -0.25) is 4.79 Å². The van der Waals surface area contributed by atoms with Crippen LogP contribution in [0.3, 0.4) is 0 Å². The molecule has 5 heteroatoms. The molecule has 98 valence electrons. The molecule has 0 spiro atoms. The van der Waals surface area contributed by atoms with Crippen LogP contribution in [0.5, 0.6) is 11.5 Å². The molecule has 1 heterocycles.